The van der Waals surface area contributed by atoms with Gasteiger partial charge in [-0.3, -0.25) is 9.35 Å². The zero-order valence-corrected chi connectivity index (χ0v) is 14.5. The number of aliphatic hydroxyl groups is 2. The van der Waals surface area contributed by atoms with Crippen LogP contribution in [-0.4, -0.2) is 105 Å². The van der Waals surface area contributed by atoms with Crippen molar-refractivity contribution in [2.45, 2.75) is 32.8 Å². The van der Waals surface area contributed by atoms with Crippen LogP contribution in [0.25, 0.3) is 0 Å². The summed E-state index contributed by atoms with van der Waals surface area (Å²) in [6, 6.07) is 0. The third-order valence-corrected chi connectivity index (χ3v) is 5.12. The molecule has 0 aromatic carbocycles. The van der Waals surface area contributed by atoms with Crippen LogP contribution in [0.5, 0.6) is 0 Å². The minimum atomic E-state index is -4.06. The Morgan fingerprint density at radius 3 is 2.43 bits per heavy atom. The maximum atomic E-state index is 11.4. The molecule has 0 aliphatic rings. The SMILES string of the molecule is CC(C)(CO)C(O)CNCCCC(=O)NCCSS(=O)(=O)O.[CaH2]. The first kappa shape index (κ1) is 26.1. The Morgan fingerprint density at radius 1 is 1.30 bits per heavy atom. The molecule has 0 saturated carbocycles. The molecule has 0 saturated heterocycles. The van der Waals surface area contributed by atoms with E-state index in [1.165, 1.54) is 0 Å². The van der Waals surface area contributed by atoms with Gasteiger partial charge in [-0.1, -0.05) is 13.8 Å². The summed E-state index contributed by atoms with van der Waals surface area (Å²) in [7, 11) is -3.69. The number of carbonyl (C=O) groups is 1. The van der Waals surface area contributed by atoms with Crippen LogP contribution in [0.3, 0.4) is 0 Å². The summed E-state index contributed by atoms with van der Waals surface area (Å²) in [6.07, 6.45) is 0.177. The van der Waals surface area contributed by atoms with E-state index in [1.807, 2.05) is 0 Å². The van der Waals surface area contributed by atoms with Crippen molar-refractivity contribution in [3.63, 3.8) is 0 Å². The number of nitrogens with one attached hydrogen (secondary N) is 2. The van der Waals surface area contributed by atoms with Gasteiger partial charge >= 0.3 is 46.9 Å². The quantitative estimate of drug-likeness (QED) is 0.115. The molecule has 5 N–H and O–H groups in total. The summed E-state index contributed by atoms with van der Waals surface area (Å²) in [4.78, 5) is 11.4. The topological polar surface area (TPSA) is 136 Å². The summed E-state index contributed by atoms with van der Waals surface area (Å²) in [6.45, 7) is 4.46. The fourth-order valence-electron chi connectivity index (χ4n) is 1.42. The average Bonchev–Trinajstić information content (AvgIpc) is 2.42. The Hall–Kier alpha value is 0.870. The summed E-state index contributed by atoms with van der Waals surface area (Å²) in [5, 5.41) is 24.5. The second-order valence-corrected chi connectivity index (χ2v) is 9.04. The fourth-order valence-corrected chi connectivity index (χ4v) is 2.70. The van der Waals surface area contributed by atoms with Crippen molar-refractivity contribution < 1.29 is 28.0 Å². The molecule has 0 aliphatic carbocycles. The van der Waals surface area contributed by atoms with Gasteiger partial charge in [0.2, 0.25) is 5.91 Å². The zero-order chi connectivity index (χ0) is 17.2. The summed E-state index contributed by atoms with van der Waals surface area (Å²) in [5.74, 6) is -0.111. The molecule has 1 atom stereocenters. The van der Waals surface area contributed by atoms with E-state index < -0.39 is 20.7 Å². The van der Waals surface area contributed by atoms with Crippen molar-refractivity contribution in [1.29, 1.82) is 0 Å². The Kier molecular flexibility index (Phi) is 14.9. The van der Waals surface area contributed by atoms with Crippen molar-refractivity contribution >= 4 is 63.6 Å². The van der Waals surface area contributed by atoms with Gasteiger partial charge in [0.25, 0.3) is 0 Å². The van der Waals surface area contributed by atoms with Crippen molar-refractivity contribution in [2.24, 2.45) is 5.41 Å². The number of hydrogen-bond donors (Lipinski definition) is 5. The second kappa shape index (κ2) is 13.1. The molecular formula is C12H28CaN2O6S2. The molecule has 11 heteroatoms. The van der Waals surface area contributed by atoms with Gasteiger partial charge in [-0.2, -0.15) is 8.42 Å². The molecule has 8 nitrogen and oxygen atoms in total. The Balaban J connectivity index is 0. The number of aliphatic hydroxyl groups excluding tert-OH is 2. The summed E-state index contributed by atoms with van der Waals surface area (Å²) >= 11 is 0. The van der Waals surface area contributed by atoms with Crippen LogP contribution in [0.15, 0.2) is 0 Å². The molecule has 0 aromatic heterocycles. The maximum absolute atomic E-state index is 11.4. The van der Waals surface area contributed by atoms with Gasteiger partial charge in [0.1, 0.15) is 0 Å². The number of rotatable bonds is 12. The summed E-state index contributed by atoms with van der Waals surface area (Å²) < 4.78 is 29.3. The molecule has 0 aliphatic heterocycles. The van der Waals surface area contributed by atoms with E-state index in [1.54, 1.807) is 13.8 Å². The fraction of sp³-hybridized carbons (Fsp3) is 0.917. The minimum absolute atomic E-state index is 0. The average molecular weight is 401 g/mol. The molecule has 1 amide bonds. The molecule has 1 unspecified atom stereocenters. The number of amides is 1. The van der Waals surface area contributed by atoms with Crippen LogP contribution in [0.4, 0.5) is 0 Å². The van der Waals surface area contributed by atoms with Crippen LogP contribution in [0, 0.1) is 5.41 Å². The molecule has 23 heavy (non-hydrogen) atoms. The Morgan fingerprint density at radius 2 is 1.91 bits per heavy atom. The third kappa shape index (κ3) is 14.9. The van der Waals surface area contributed by atoms with Crippen molar-refractivity contribution in [2.75, 3.05) is 32.0 Å². The Labute approximate surface area is 171 Å². The monoisotopic (exact) mass is 400 g/mol. The van der Waals surface area contributed by atoms with Gasteiger partial charge in [-0.05, 0) is 23.8 Å². The molecule has 0 fully saturated rings. The molecule has 0 heterocycles. The van der Waals surface area contributed by atoms with Crippen LogP contribution in [0.1, 0.15) is 26.7 Å². The standard InChI is InChI=1S/C12H26N2O6S2.Ca.2H/c1-12(2,9-15)10(16)8-13-5-3-4-11(17)14-6-7-21-22(18,19)20;;;/h10,13,15-16H,3-9H2,1-2H3,(H,14,17)(H,18,19,20);;;. The van der Waals surface area contributed by atoms with E-state index in [0.717, 1.165) is 0 Å². The van der Waals surface area contributed by atoms with E-state index in [0.29, 0.717) is 30.3 Å². The van der Waals surface area contributed by atoms with Gasteiger partial charge in [-0.25, -0.2) is 0 Å². The third-order valence-electron chi connectivity index (χ3n) is 3.06. The first-order chi connectivity index (χ1) is 10.1. The molecule has 0 aromatic rings. The first-order valence-electron chi connectivity index (χ1n) is 6.96. The van der Waals surface area contributed by atoms with E-state index in [4.69, 9.17) is 9.66 Å². The molecule has 0 spiro atoms. The first-order valence-corrected chi connectivity index (χ1v) is 9.91. The van der Waals surface area contributed by atoms with E-state index in [-0.39, 0.29) is 69.0 Å². The normalized spacial score (nSPS) is 13.3. The number of hydrogen-bond acceptors (Lipinski definition) is 7. The molecule has 0 radical (unpaired) electrons. The molecule has 0 bridgehead atoms. The van der Waals surface area contributed by atoms with Gasteiger partial charge < -0.3 is 20.8 Å². The zero-order valence-electron chi connectivity index (χ0n) is 12.9. The van der Waals surface area contributed by atoms with E-state index in [9.17, 15) is 18.3 Å². The van der Waals surface area contributed by atoms with Crippen LogP contribution in [-0.2, 0) is 13.9 Å². The molecule has 136 valence electrons. The van der Waals surface area contributed by atoms with Crippen molar-refractivity contribution in [3.8, 4) is 0 Å². The molecular weight excluding hydrogens is 372 g/mol. The van der Waals surface area contributed by atoms with Gasteiger partial charge in [0.05, 0.1) is 12.7 Å². The predicted molar refractivity (Wildman–Crippen MR) is 94.5 cm³/mol. The Bertz CT molecular complexity index is 433. The van der Waals surface area contributed by atoms with Crippen molar-refractivity contribution in [3.05, 3.63) is 0 Å². The van der Waals surface area contributed by atoms with Crippen LogP contribution >= 0.6 is 10.8 Å². The van der Waals surface area contributed by atoms with Gasteiger partial charge in [0, 0.05) is 30.7 Å². The van der Waals surface area contributed by atoms with E-state index >= 15 is 0 Å². The van der Waals surface area contributed by atoms with Crippen molar-refractivity contribution in [1.82, 2.24) is 10.6 Å². The number of carbonyl (C=O) groups excluding carboxylic acids is 1. The van der Waals surface area contributed by atoms with Gasteiger partial charge in [0.15, 0.2) is 0 Å². The van der Waals surface area contributed by atoms with Gasteiger partial charge in [-0.15, -0.1) is 0 Å². The van der Waals surface area contributed by atoms with Crippen LogP contribution < -0.4 is 10.6 Å². The van der Waals surface area contributed by atoms with E-state index in [2.05, 4.69) is 10.6 Å². The second-order valence-electron chi connectivity index (χ2n) is 5.57. The summed E-state index contributed by atoms with van der Waals surface area (Å²) in [5.41, 5.74) is -0.574. The molecule has 0 rings (SSSR count). The predicted octanol–water partition coefficient (Wildman–Crippen LogP) is -1.53. The van der Waals surface area contributed by atoms with Crippen LogP contribution in [0.2, 0.25) is 0 Å².